The van der Waals surface area contributed by atoms with E-state index in [4.69, 9.17) is 34.8 Å². The second kappa shape index (κ2) is 8.86. The standard InChI is InChI=1S/C19H18Cl3N3O2S2/c1-8(2)25-18(27)15-9(3)10(4)29-17(15)24-19(25)28-7-14(26)23-16-12(21)5-11(20)6-13(16)22/h5-6,8H,7H2,1-4H3,(H,23,26). The Morgan fingerprint density at radius 1 is 1.24 bits per heavy atom. The van der Waals surface area contributed by atoms with Crippen LogP contribution in [0.3, 0.4) is 0 Å². The van der Waals surface area contributed by atoms with Gasteiger partial charge in [-0.2, -0.15) is 0 Å². The number of aryl methyl sites for hydroxylation is 2. The van der Waals surface area contributed by atoms with Gasteiger partial charge >= 0.3 is 0 Å². The van der Waals surface area contributed by atoms with Crippen molar-refractivity contribution in [2.24, 2.45) is 0 Å². The number of aromatic nitrogens is 2. The van der Waals surface area contributed by atoms with E-state index in [2.05, 4.69) is 10.3 Å². The lowest BCUT2D eigenvalue weighted by atomic mass is 10.2. The fourth-order valence-electron chi connectivity index (χ4n) is 2.81. The van der Waals surface area contributed by atoms with Crippen LogP contribution in [0.1, 0.15) is 30.3 Å². The number of nitrogens with zero attached hydrogens (tertiary/aromatic N) is 2. The van der Waals surface area contributed by atoms with Gasteiger partial charge in [-0.05, 0) is 45.4 Å². The number of nitrogens with one attached hydrogen (secondary N) is 1. The third kappa shape index (κ3) is 4.59. The smallest absolute Gasteiger partial charge is 0.263 e. The number of carbonyl (C=O) groups is 1. The molecule has 0 aliphatic heterocycles. The van der Waals surface area contributed by atoms with Crippen molar-refractivity contribution in [3.63, 3.8) is 0 Å². The van der Waals surface area contributed by atoms with E-state index in [0.29, 0.717) is 26.1 Å². The maximum atomic E-state index is 13.1. The maximum absolute atomic E-state index is 13.1. The zero-order valence-corrected chi connectivity index (χ0v) is 20.0. The van der Waals surface area contributed by atoms with Gasteiger partial charge in [-0.3, -0.25) is 14.2 Å². The zero-order valence-electron chi connectivity index (χ0n) is 16.1. The summed E-state index contributed by atoms with van der Waals surface area (Å²) >= 11 is 20.8. The minimum atomic E-state index is -0.315. The number of rotatable bonds is 5. The zero-order chi connectivity index (χ0) is 21.5. The van der Waals surface area contributed by atoms with Crippen LogP contribution in [0.15, 0.2) is 22.1 Å². The Hall–Kier alpha value is -1.25. The predicted octanol–water partition coefficient (Wildman–Crippen LogP) is 6.35. The summed E-state index contributed by atoms with van der Waals surface area (Å²) in [7, 11) is 0. The molecule has 2 aromatic heterocycles. The summed E-state index contributed by atoms with van der Waals surface area (Å²) in [6.07, 6.45) is 0. The summed E-state index contributed by atoms with van der Waals surface area (Å²) in [5.41, 5.74) is 1.18. The van der Waals surface area contributed by atoms with Crippen molar-refractivity contribution < 1.29 is 4.79 Å². The van der Waals surface area contributed by atoms with Crippen LogP contribution in [0, 0.1) is 13.8 Å². The van der Waals surface area contributed by atoms with E-state index >= 15 is 0 Å². The molecule has 0 radical (unpaired) electrons. The van der Waals surface area contributed by atoms with Crippen molar-refractivity contribution in [1.29, 1.82) is 0 Å². The maximum Gasteiger partial charge on any atom is 0.263 e. The minimum absolute atomic E-state index is 0.0449. The van der Waals surface area contributed by atoms with Gasteiger partial charge in [0.05, 0.1) is 26.9 Å². The molecule has 3 rings (SSSR count). The second-order valence-electron chi connectivity index (χ2n) is 6.71. The fourth-order valence-corrected chi connectivity index (χ4v) is 5.72. The highest BCUT2D eigenvalue weighted by atomic mass is 35.5. The first-order valence-corrected chi connectivity index (χ1v) is 11.6. The normalized spacial score (nSPS) is 11.4. The fraction of sp³-hybridized carbons (Fsp3) is 0.316. The molecule has 0 unspecified atom stereocenters. The lowest BCUT2D eigenvalue weighted by Crippen LogP contribution is -2.25. The van der Waals surface area contributed by atoms with E-state index in [1.807, 2.05) is 27.7 Å². The molecule has 1 aromatic carbocycles. The second-order valence-corrected chi connectivity index (χ2v) is 10.1. The number of halogens is 3. The van der Waals surface area contributed by atoms with Gasteiger partial charge in [0.1, 0.15) is 4.83 Å². The third-order valence-electron chi connectivity index (χ3n) is 4.32. The van der Waals surface area contributed by atoms with Gasteiger partial charge in [0.25, 0.3) is 5.56 Å². The van der Waals surface area contributed by atoms with Crippen LogP contribution in [0.25, 0.3) is 10.2 Å². The van der Waals surface area contributed by atoms with Crippen LogP contribution in [-0.4, -0.2) is 21.2 Å². The highest BCUT2D eigenvalue weighted by Crippen LogP contribution is 2.34. The highest BCUT2D eigenvalue weighted by Gasteiger charge is 2.19. The number of fused-ring (bicyclic) bond motifs is 1. The Morgan fingerprint density at radius 2 is 1.86 bits per heavy atom. The number of thioether (sulfide) groups is 1. The summed E-state index contributed by atoms with van der Waals surface area (Å²) in [6.45, 7) is 7.74. The summed E-state index contributed by atoms with van der Waals surface area (Å²) < 4.78 is 1.63. The van der Waals surface area contributed by atoms with Crippen molar-refractivity contribution in [3.8, 4) is 0 Å². The Balaban J connectivity index is 1.88. The van der Waals surface area contributed by atoms with Gasteiger partial charge in [-0.15, -0.1) is 11.3 Å². The van der Waals surface area contributed by atoms with Crippen LogP contribution in [0.2, 0.25) is 15.1 Å². The molecule has 0 saturated carbocycles. The molecule has 10 heteroatoms. The summed E-state index contributed by atoms with van der Waals surface area (Å²) in [4.78, 5) is 31.9. The predicted molar refractivity (Wildman–Crippen MR) is 125 cm³/mol. The van der Waals surface area contributed by atoms with Crippen molar-refractivity contribution in [3.05, 3.63) is 48.0 Å². The van der Waals surface area contributed by atoms with Crippen molar-refractivity contribution in [2.75, 3.05) is 11.1 Å². The Labute approximate surface area is 191 Å². The van der Waals surface area contributed by atoms with E-state index < -0.39 is 0 Å². The van der Waals surface area contributed by atoms with Gasteiger partial charge in [-0.25, -0.2) is 4.98 Å². The molecule has 2 heterocycles. The quantitative estimate of drug-likeness (QED) is 0.334. The number of hydrogen-bond acceptors (Lipinski definition) is 5. The lowest BCUT2D eigenvalue weighted by molar-refractivity contribution is -0.113. The molecule has 1 amide bonds. The molecule has 1 N–H and O–H groups in total. The first kappa shape index (κ1) is 22.4. The minimum Gasteiger partial charge on any atom is -0.323 e. The third-order valence-corrected chi connectivity index (χ3v) is 7.19. The van der Waals surface area contributed by atoms with Crippen molar-refractivity contribution >= 4 is 79.7 Å². The monoisotopic (exact) mass is 489 g/mol. The van der Waals surface area contributed by atoms with E-state index in [1.54, 1.807) is 4.57 Å². The summed E-state index contributed by atoms with van der Waals surface area (Å²) in [6, 6.07) is 2.92. The number of carbonyl (C=O) groups excluding carboxylic acids is 1. The molecule has 0 aliphatic carbocycles. The Kier molecular flexibility index (Phi) is 6.85. The largest absolute Gasteiger partial charge is 0.323 e. The Morgan fingerprint density at radius 3 is 2.45 bits per heavy atom. The van der Waals surface area contributed by atoms with Gasteiger partial charge in [-0.1, -0.05) is 46.6 Å². The van der Waals surface area contributed by atoms with Crippen LogP contribution in [0.5, 0.6) is 0 Å². The molecule has 0 fully saturated rings. The first-order valence-electron chi connectivity index (χ1n) is 8.69. The molecule has 0 atom stereocenters. The number of hydrogen-bond donors (Lipinski definition) is 1. The van der Waals surface area contributed by atoms with Gasteiger partial charge in [0.2, 0.25) is 5.91 Å². The molecular formula is C19H18Cl3N3O2S2. The topological polar surface area (TPSA) is 64.0 Å². The average molecular weight is 491 g/mol. The van der Waals surface area contributed by atoms with Crippen molar-refractivity contribution in [1.82, 2.24) is 9.55 Å². The molecule has 0 bridgehead atoms. The van der Waals surface area contributed by atoms with E-state index in [-0.39, 0.29) is 33.3 Å². The van der Waals surface area contributed by atoms with Crippen LogP contribution in [-0.2, 0) is 4.79 Å². The molecule has 5 nitrogen and oxygen atoms in total. The van der Waals surface area contributed by atoms with Gasteiger partial charge < -0.3 is 5.32 Å². The molecule has 3 aromatic rings. The van der Waals surface area contributed by atoms with Crippen molar-refractivity contribution in [2.45, 2.75) is 38.9 Å². The van der Waals surface area contributed by atoms with Gasteiger partial charge in [0.15, 0.2) is 5.16 Å². The summed E-state index contributed by atoms with van der Waals surface area (Å²) in [5, 5.41) is 4.73. The molecule has 0 aliphatic rings. The lowest BCUT2D eigenvalue weighted by Gasteiger charge is -2.15. The molecule has 0 spiro atoms. The summed E-state index contributed by atoms with van der Waals surface area (Å²) in [5.74, 6) is -0.271. The van der Waals surface area contributed by atoms with Crippen LogP contribution < -0.4 is 10.9 Å². The average Bonchev–Trinajstić information content (AvgIpc) is 2.90. The first-order chi connectivity index (χ1) is 13.6. The SMILES string of the molecule is Cc1sc2nc(SCC(=O)Nc3c(Cl)cc(Cl)cc3Cl)n(C(C)C)c(=O)c2c1C. The highest BCUT2D eigenvalue weighted by molar-refractivity contribution is 7.99. The van der Waals surface area contributed by atoms with Crippen LogP contribution >= 0.6 is 57.9 Å². The van der Waals surface area contributed by atoms with E-state index in [0.717, 1.165) is 10.4 Å². The number of benzene rings is 1. The molecule has 29 heavy (non-hydrogen) atoms. The molecule has 154 valence electrons. The molecular weight excluding hydrogens is 473 g/mol. The number of anilines is 1. The van der Waals surface area contributed by atoms with E-state index in [9.17, 15) is 9.59 Å². The van der Waals surface area contributed by atoms with E-state index in [1.165, 1.54) is 35.2 Å². The number of amides is 1. The van der Waals surface area contributed by atoms with Gasteiger partial charge in [0, 0.05) is 15.9 Å². The van der Waals surface area contributed by atoms with Crippen LogP contribution in [0.4, 0.5) is 5.69 Å². The Bertz CT molecular complexity index is 1150. The molecule has 0 saturated heterocycles. The number of thiophene rings is 1.